The molecule has 190 valence electrons. The number of aliphatic hydroxyl groups is 1. The molecule has 7 nitrogen and oxygen atoms in total. The summed E-state index contributed by atoms with van der Waals surface area (Å²) in [7, 11) is 0. The molecule has 3 heterocycles. The number of carbonyl (C=O) groups excluding carboxylic acids is 3. The Morgan fingerprint density at radius 3 is 2.53 bits per heavy atom. The molecule has 3 fully saturated rings. The Labute approximate surface area is 208 Å². The topological polar surface area (TPSA) is 87.2 Å². The number of likely N-dealkylation sites (tertiary alicyclic amines) is 1. The van der Waals surface area contributed by atoms with Crippen molar-refractivity contribution in [1.82, 2.24) is 9.80 Å². The van der Waals surface area contributed by atoms with Crippen LogP contribution < -0.4 is 0 Å². The van der Waals surface area contributed by atoms with Gasteiger partial charge in [-0.05, 0) is 32.1 Å². The van der Waals surface area contributed by atoms with Crippen LogP contribution in [0.4, 0.5) is 0 Å². The minimum absolute atomic E-state index is 0.00458. The van der Waals surface area contributed by atoms with E-state index in [0.717, 1.165) is 12.8 Å². The van der Waals surface area contributed by atoms with Crippen molar-refractivity contribution in [2.75, 3.05) is 19.8 Å². The third-order valence-corrected chi connectivity index (χ3v) is 10.2. The molecule has 0 aromatic carbocycles. The number of ether oxygens (including phenoxy) is 1. The van der Waals surface area contributed by atoms with Crippen molar-refractivity contribution in [3.63, 3.8) is 0 Å². The summed E-state index contributed by atoms with van der Waals surface area (Å²) in [5, 5.41) is 10.3. The normalized spacial score (nSPS) is 33.6. The number of amides is 2. The van der Waals surface area contributed by atoms with Crippen molar-refractivity contribution in [3.8, 4) is 0 Å². The number of carbonyl (C=O) groups is 3. The summed E-state index contributed by atoms with van der Waals surface area (Å²) in [6.07, 6.45) is 4.72. The number of aliphatic hydroxyl groups excluding tert-OH is 1. The minimum atomic E-state index is -0.749. The molecular weight excluding hydrogens is 452 g/mol. The standard InChI is InChI=1S/C26H40N2O5S/c1-8-11-27(15(4)5)24(31)22-26-17(7)13-19(34-26)20(25(32)33-12-9-2)21(26)23(30)28(22)18(14-29)16(6)10-3/h8-9,15-22,29H,1-2,10-14H2,3-7H3/t16-,17?,18-,19-,20+,21-,22?,26?/m0/s1. The molecule has 0 radical (unpaired) electrons. The van der Waals surface area contributed by atoms with Gasteiger partial charge < -0.3 is 19.6 Å². The summed E-state index contributed by atoms with van der Waals surface area (Å²) in [5.41, 5.74) is 0. The Balaban J connectivity index is 2.16. The molecule has 2 bridgehead atoms. The Morgan fingerprint density at radius 2 is 2.00 bits per heavy atom. The molecule has 1 N–H and O–H groups in total. The lowest BCUT2D eigenvalue weighted by molar-refractivity contribution is -0.154. The van der Waals surface area contributed by atoms with Gasteiger partial charge in [0, 0.05) is 17.8 Å². The molecule has 3 aliphatic rings. The van der Waals surface area contributed by atoms with Gasteiger partial charge in [-0.15, -0.1) is 18.3 Å². The second-order valence-electron chi connectivity index (χ2n) is 10.2. The molecule has 0 aromatic heterocycles. The third kappa shape index (κ3) is 4.00. The van der Waals surface area contributed by atoms with E-state index in [-0.39, 0.29) is 48.2 Å². The van der Waals surface area contributed by atoms with E-state index < -0.39 is 34.6 Å². The van der Waals surface area contributed by atoms with Crippen LogP contribution in [0.2, 0.25) is 0 Å². The molecule has 0 aliphatic carbocycles. The maximum atomic E-state index is 14.2. The first kappa shape index (κ1) is 26.8. The van der Waals surface area contributed by atoms with Crippen molar-refractivity contribution in [2.45, 2.75) is 75.6 Å². The number of rotatable bonds is 11. The number of nitrogens with zero attached hydrogens (tertiary/aromatic N) is 2. The highest BCUT2D eigenvalue weighted by molar-refractivity contribution is 8.02. The van der Waals surface area contributed by atoms with Crippen LogP contribution in [0, 0.1) is 23.7 Å². The fourth-order valence-corrected chi connectivity index (χ4v) is 8.66. The predicted octanol–water partition coefficient (Wildman–Crippen LogP) is 2.88. The fraction of sp³-hybridized carbons (Fsp3) is 0.731. The molecule has 1 spiro atoms. The molecule has 8 heteroatoms. The molecule has 3 rings (SSSR count). The van der Waals surface area contributed by atoms with Gasteiger partial charge in [-0.25, -0.2) is 0 Å². The van der Waals surface area contributed by atoms with Gasteiger partial charge in [0.25, 0.3) is 0 Å². The summed E-state index contributed by atoms with van der Waals surface area (Å²) in [6.45, 7) is 17.7. The van der Waals surface area contributed by atoms with Gasteiger partial charge in [-0.1, -0.05) is 45.9 Å². The SMILES string of the molecule is C=CCOC(=O)[C@@H]1[C@@H]2CC(C)C3(S2)C(C(=O)N(CC=C)C(C)C)N([C@@H](CO)[C@@H](C)CC)C(=O)[C@H]13. The number of hydrogen-bond donors (Lipinski definition) is 1. The van der Waals surface area contributed by atoms with E-state index in [9.17, 15) is 19.5 Å². The third-order valence-electron chi connectivity index (χ3n) is 8.11. The van der Waals surface area contributed by atoms with Gasteiger partial charge in [-0.2, -0.15) is 0 Å². The Hall–Kier alpha value is -1.80. The summed E-state index contributed by atoms with van der Waals surface area (Å²) in [4.78, 5) is 45.0. The van der Waals surface area contributed by atoms with Gasteiger partial charge in [0.15, 0.2) is 0 Å². The minimum Gasteiger partial charge on any atom is -0.461 e. The average molecular weight is 493 g/mol. The highest BCUT2D eigenvalue weighted by Crippen LogP contribution is 2.69. The quantitative estimate of drug-likeness (QED) is 0.353. The van der Waals surface area contributed by atoms with E-state index in [1.165, 1.54) is 6.08 Å². The van der Waals surface area contributed by atoms with Crippen molar-refractivity contribution in [1.29, 1.82) is 0 Å². The van der Waals surface area contributed by atoms with Crippen LogP contribution in [-0.4, -0.2) is 80.6 Å². The molecule has 3 saturated heterocycles. The number of hydrogen-bond acceptors (Lipinski definition) is 6. The van der Waals surface area contributed by atoms with Crippen LogP contribution in [0.3, 0.4) is 0 Å². The molecule has 0 saturated carbocycles. The fourth-order valence-electron chi connectivity index (χ4n) is 6.27. The van der Waals surface area contributed by atoms with E-state index in [4.69, 9.17) is 4.74 Å². The lowest BCUT2D eigenvalue weighted by Gasteiger charge is -2.43. The molecule has 34 heavy (non-hydrogen) atoms. The van der Waals surface area contributed by atoms with Gasteiger partial charge in [0.05, 0.1) is 29.2 Å². The Bertz CT molecular complexity index is 832. The van der Waals surface area contributed by atoms with E-state index in [1.54, 1.807) is 27.6 Å². The van der Waals surface area contributed by atoms with Crippen LogP contribution in [0.15, 0.2) is 25.3 Å². The molecule has 2 amide bonds. The van der Waals surface area contributed by atoms with Gasteiger partial charge >= 0.3 is 5.97 Å². The molecule has 0 aromatic rings. The zero-order valence-electron chi connectivity index (χ0n) is 21.1. The molecule has 3 aliphatic heterocycles. The molecular formula is C26H40N2O5S. The second-order valence-corrected chi connectivity index (χ2v) is 11.8. The van der Waals surface area contributed by atoms with Crippen molar-refractivity contribution in [3.05, 3.63) is 25.3 Å². The van der Waals surface area contributed by atoms with Crippen molar-refractivity contribution >= 4 is 29.5 Å². The monoisotopic (exact) mass is 492 g/mol. The number of fused-ring (bicyclic) bond motifs is 1. The Morgan fingerprint density at radius 1 is 1.32 bits per heavy atom. The van der Waals surface area contributed by atoms with Gasteiger partial charge in [0.2, 0.25) is 11.8 Å². The van der Waals surface area contributed by atoms with Crippen LogP contribution in [0.1, 0.15) is 47.5 Å². The van der Waals surface area contributed by atoms with Gasteiger partial charge in [-0.3, -0.25) is 14.4 Å². The van der Waals surface area contributed by atoms with Crippen LogP contribution in [0.5, 0.6) is 0 Å². The smallest absolute Gasteiger partial charge is 0.311 e. The summed E-state index contributed by atoms with van der Waals surface area (Å²) in [5.74, 6) is -1.92. The average Bonchev–Trinajstić information content (AvgIpc) is 3.39. The highest BCUT2D eigenvalue weighted by Gasteiger charge is 2.77. The summed E-state index contributed by atoms with van der Waals surface area (Å²) < 4.78 is 4.70. The van der Waals surface area contributed by atoms with E-state index in [2.05, 4.69) is 20.1 Å². The Kier molecular flexibility index (Phi) is 8.23. The largest absolute Gasteiger partial charge is 0.461 e. The first-order chi connectivity index (χ1) is 16.1. The zero-order valence-corrected chi connectivity index (χ0v) is 21.9. The van der Waals surface area contributed by atoms with Crippen LogP contribution in [-0.2, 0) is 19.1 Å². The first-order valence-corrected chi connectivity index (χ1v) is 13.3. The maximum Gasteiger partial charge on any atom is 0.311 e. The van der Waals surface area contributed by atoms with E-state index in [0.29, 0.717) is 6.54 Å². The maximum absolute atomic E-state index is 14.2. The lowest BCUT2D eigenvalue weighted by atomic mass is 9.66. The number of thioether (sulfide) groups is 1. The van der Waals surface area contributed by atoms with E-state index in [1.807, 2.05) is 27.7 Å². The van der Waals surface area contributed by atoms with Crippen molar-refractivity contribution < 1.29 is 24.2 Å². The summed E-state index contributed by atoms with van der Waals surface area (Å²) in [6, 6.07) is -1.33. The molecule has 8 atom stereocenters. The first-order valence-electron chi connectivity index (χ1n) is 12.4. The second kappa shape index (κ2) is 10.4. The van der Waals surface area contributed by atoms with Crippen LogP contribution >= 0.6 is 11.8 Å². The van der Waals surface area contributed by atoms with Gasteiger partial charge in [0.1, 0.15) is 12.6 Å². The van der Waals surface area contributed by atoms with Crippen LogP contribution in [0.25, 0.3) is 0 Å². The van der Waals surface area contributed by atoms with Crippen molar-refractivity contribution in [2.24, 2.45) is 23.7 Å². The summed E-state index contributed by atoms with van der Waals surface area (Å²) >= 11 is 1.62. The predicted molar refractivity (Wildman–Crippen MR) is 134 cm³/mol. The van der Waals surface area contributed by atoms with E-state index >= 15 is 0 Å². The zero-order chi connectivity index (χ0) is 25.4. The molecule has 3 unspecified atom stereocenters. The highest BCUT2D eigenvalue weighted by atomic mass is 32.2. The lowest BCUT2D eigenvalue weighted by Crippen LogP contribution is -2.61. The number of esters is 1.